The first-order valence-electron chi connectivity index (χ1n) is 7.48. The van der Waals surface area contributed by atoms with Crippen LogP contribution in [0.1, 0.15) is 29.7 Å². The molecule has 130 valence electrons. The summed E-state index contributed by atoms with van der Waals surface area (Å²) in [5.41, 5.74) is 2.24. The Labute approximate surface area is 146 Å². The number of non-ortho nitro benzene ring substituents is 1. The molecule has 25 heavy (non-hydrogen) atoms. The number of hydrogen-bond acceptors (Lipinski definition) is 7. The zero-order valence-corrected chi connectivity index (χ0v) is 14.0. The van der Waals surface area contributed by atoms with Gasteiger partial charge in [0.05, 0.1) is 16.2 Å². The molecule has 1 atom stereocenters. The third-order valence-corrected chi connectivity index (χ3v) is 4.89. The molecule has 8 nitrogen and oxygen atoms in total. The Kier molecular flexibility index (Phi) is 4.51. The van der Waals surface area contributed by atoms with Gasteiger partial charge in [-0.25, -0.2) is 4.79 Å². The summed E-state index contributed by atoms with van der Waals surface area (Å²) >= 11 is 1.19. The quantitative estimate of drug-likeness (QED) is 0.552. The van der Waals surface area contributed by atoms with Crippen molar-refractivity contribution in [3.63, 3.8) is 0 Å². The second kappa shape index (κ2) is 6.61. The first kappa shape index (κ1) is 17.1. The topological polar surface area (TPSA) is 126 Å². The molecule has 0 spiro atoms. The number of nitrogens with zero attached hydrogens (tertiary/aromatic N) is 2. The van der Waals surface area contributed by atoms with Crippen LogP contribution in [0, 0.1) is 10.1 Å². The van der Waals surface area contributed by atoms with Gasteiger partial charge in [-0.1, -0.05) is 12.1 Å². The highest BCUT2D eigenvalue weighted by Crippen LogP contribution is 2.46. The third kappa shape index (κ3) is 2.99. The van der Waals surface area contributed by atoms with Gasteiger partial charge in [-0.2, -0.15) is 4.37 Å². The molecule has 0 bridgehead atoms. The minimum atomic E-state index is -1.10. The van der Waals surface area contributed by atoms with Gasteiger partial charge in [-0.15, -0.1) is 0 Å². The highest BCUT2D eigenvalue weighted by molar-refractivity contribution is 7.10. The lowest BCUT2D eigenvalue weighted by Gasteiger charge is -2.27. The Morgan fingerprint density at radius 2 is 2.24 bits per heavy atom. The summed E-state index contributed by atoms with van der Waals surface area (Å²) in [6.07, 6.45) is 0.283. The Bertz CT molecular complexity index is 890. The van der Waals surface area contributed by atoms with Crippen LogP contribution in [0.2, 0.25) is 0 Å². The summed E-state index contributed by atoms with van der Waals surface area (Å²) in [6, 6.07) is 5.96. The van der Waals surface area contributed by atoms with Crippen LogP contribution in [0.25, 0.3) is 0 Å². The van der Waals surface area contributed by atoms with Crippen molar-refractivity contribution >= 4 is 28.2 Å². The van der Waals surface area contributed by atoms with Crippen LogP contribution in [0.3, 0.4) is 0 Å². The van der Waals surface area contributed by atoms with Gasteiger partial charge >= 0.3 is 5.97 Å². The van der Waals surface area contributed by atoms with E-state index < -0.39 is 16.8 Å². The molecule has 0 saturated heterocycles. The second-order valence-electron chi connectivity index (χ2n) is 5.60. The fraction of sp³-hybridized carbons (Fsp3) is 0.250. The molecular formula is C16H15N3O5S. The van der Waals surface area contributed by atoms with Gasteiger partial charge in [-0.3, -0.25) is 10.1 Å². The zero-order valence-electron chi connectivity index (χ0n) is 13.2. The maximum Gasteiger partial charge on any atom is 0.334 e. The molecule has 2 aromatic rings. The second-order valence-corrected chi connectivity index (χ2v) is 6.37. The molecule has 1 aliphatic heterocycles. The SMILES string of the molecule is CC1=C(C(=O)O)C(c2cccc([N+](=O)[O-])c2)c2c(CCO)nsc2N1. The van der Waals surface area contributed by atoms with Crippen LogP contribution in [0.15, 0.2) is 35.5 Å². The Morgan fingerprint density at radius 1 is 1.48 bits per heavy atom. The number of aliphatic hydroxyl groups is 1. The van der Waals surface area contributed by atoms with Gasteiger partial charge in [0.1, 0.15) is 5.00 Å². The highest BCUT2D eigenvalue weighted by atomic mass is 32.1. The van der Waals surface area contributed by atoms with E-state index in [0.717, 1.165) is 0 Å². The molecule has 0 aliphatic carbocycles. The van der Waals surface area contributed by atoms with Crippen molar-refractivity contribution in [3.05, 3.63) is 62.5 Å². The van der Waals surface area contributed by atoms with E-state index in [1.807, 2.05) is 0 Å². The van der Waals surface area contributed by atoms with Crippen LogP contribution < -0.4 is 5.32 Å². The van der Waals surface area contributed by atoms with Crippen LogP contribution in [-0.2, 0) is 11.2 Å². The molecule has 3 N–H and O–H groups in total. The van der Waals surface area contributed by atoms with Crippen molar-refractivity contribution in [2.24, 2.45) is 0 Å². The number of allylic oxidation sites excluding steroid dienone is 1. The van der Waals surface area contributed by atoms with E-state index >= 15 is 0 Å². The van der Waals surface area contributed by atoms with Gasteiger partial charge in [0.25, 0.3) is 5.69 Å². The Balaban J connectivity index is 2.23. The van der Waals surface area contributed by atoms with Crippen molar-refractivity contribution in [3.8, 4) is 0 Å². The predicted octanol–water partition coefficient (Wildman–Crippen LogP) is 2.50. The Hall–Kier alpha value is -2.78. The number of nitro benzene ring substituents is 1. The summed E-state index contributed by atoms with van der Waals surface area (Å²) in [5, 5.41) is 33.8. The molecule has 0 fully saturated rings. The van der Waals surface area contributed by atoms with Crippen molar-refractivity contribution in [1.29, 1.82) is 0 Å². The molecule has 0 amide bonds. The molecule has 9 heteroatoms. The number of aliphatic carboxylic acids is 1. The molecule has 1 aromatic carbocycles. The lowest BCUT2D eigenvalue weighted by Crippen LogP contribution is -2.23. The van der Waals surface area contributed by atoms with E-state index in [0.29, 0.717) is 27.5 Å². The summed E-state index contributed by atoms with van der Waals surface area (Å²) in [4.78, 5) is 22.5. The molecule has 0 radical (unpaired) electrons. The first-order valence-corrected chi connectivity index (χ1v) is 8.26. The minimum Gasteiger partial charge on any atom is -0.478 e. The van der Waals surface area contributed by atoms with Crippen molar-refractivity contribution in [2.45, 2.75) is 19.3 Å². The van der Waals surface area contributed by atoms with E-state index in [1.165, 1.54) is 29.7 Å². The molecule has 1 aromatic heterocycles. The maximum atomic E-state index is 11.9. The summed E-state index contributed by atoms with van der Waals surface area (Å²) < 4.78 is 4.31. The van der Waals surface area contributed by atoms with Gasteiger partial charge in [0.2, 0.25) is 0 Å². The van der Waals surface area contributed by atoms with E-state index in [-0.39, 0.29) is 24.3 Å². The third-order valence-electron chi connectivity index (χ3n) is 4.08. The number of aromatic nitrogens is 1. The van der Waals surface area contributed by atoms with E-state index in [4.69, 9.17) is 0 Å². The Morgan fingerprint density at radius 3 is 2.88 bits per heavy atom. The lowest BCUT2D eigenvalue weighted by molar-refractivity contribution is -0.384. The number of rotatable bonds is 5. The minimum absolute atomic E-state index is 0.105. The highest BCUT2D eigenvalue weighted by Gasteiger charge is 2.36. The van der Waals surface area contributed by atoms with E-state index in [2.05, 4.69) is 9.69 Å². The number of anilines is 1. The number of carbonyl (C=O) groups is 1. The van der Waals surface area contributed by atoms with Crippen LogP contribution in [-0.4, -0.2) is 32.1 Å². The number of aliphatic hydroxyl groups excluding tert-OH is 1. The number of benzene rings is 1. The average molecular weight is 361 g/mol. The fourth-order valence-electron chi connectivity index (χ4n) is 3.04. The summed E-state index contributed by atoms with van der Waals surface area (Å²) in [6.45, 7) is 1.53. The van der Waals surface area contributed by atoms with Gasteiger partial charge in [0, 0.05) is 42.3 Å². The van der Waals surface area contributed by atoms with Crippen molar-refractivity contribution < 1.29 is 19.9 Å². The van der Waals surface area contributed by atoms with Crippen LogP contribution >= 0.6 is 11.5 Å². The van der Waals surface area contributed by atoms with E-state index in [9.17, 15) is 25.1 Å². The molecule has 2 heterocycles. The number of nitrogens with one attached hydrogen (secondary N) is 1. The van der Waals surface area contributed by atoms with Crippen LogP contribution in [0.5, 0.6) is 0 Å². The van der Waals surface area contributed by atoms with Crippen LogP contribution in [0.4, 0.5) is 10.7 Å². The average Bonchev–Trinajstić information content (AvgIpc) is 2.96. The van der Waals surface area contributed by atoms with Gasteiger partial charge < -0.3 is 15.5 Å². The molecule has 0 saturated carbocycles. The standard InChI is InChI=1S/C16H15N3O5S/c1-8-12(16(21)22)13(9-3-2-4-10(7-9)19(23)24)14-11(5-6-20)18-25-15(14)17-8/h2-4,7,13,17,20H,5-6H2,1H3,(H,21,22). The number of carboxylic acids is 1. The molecule has 1 unspecified atom stereocenters. The largest absolute Gasteiger partial charge is 0.478 e. The number of fused-ring (bicyclic) bond motifs is 1. The van der Waals surface area contributed by atoms with Crippen molar-refractivity contribution in [1.82, 2.24) is 4.37 Å². The normalized spacial score (nSPS) is 16.3. The number of hydrogen-bond donors (Lipinski definition) is 3. The molecule has 1 aliphatic rings. The van der Waals surface area contributed by atoms with Crippen molar-refractivity contribution in [2.75, 3.05) is 11.9 Å². The van der Waals surface area contributed by atoms with Gasteiger partial charge in [-0.05, 0) is 24.0 Å². The molecular weight excluding hydrogens is 346 g/mol. The smallest absolute Gasteiger partial charge is 0.334 e. The monoisotopic (exact) mass is 361 g/mol. The zero-order chi connectivity index (χ0) is 18.1. The lowest BCUT2D eigenvalue weighted by atomic mass is 9.81. The summed E-state index contributed by atoms with van der Waals surface area (Å²) in [7, 11) is 0. The first-order chi connectivity index (χ1) is 11.9. The predicted molar refractivity (Wildman–Crippen MR) is 91.8 cm³/mol. The maximum absolute atomic E-state index is 11.9. The summed E-state index contributed by atoms with van der Waals surface area (Å²) in [5.74, 6) is -1.79. The van der Waals surface area contributed by atoms with E-state index in [1.54, 1.807) is 13.0 Å². The number of carboxylic acid groups (broad SMARTS) is 1. The molecule has 3 rings (SSSR count). The van der Waals surface area contributed by atoms with Gasteiger partial charge in [0.15, 0.2) is 0 Å². The number of nitro groups is 1. The fourth-order valence-corrected chi connectivity index (χ4v) is 3.96.